The lowest BCUT2D eigenvalue weighted by Gasteiger charge is -2.45. The van der Waals surface area contributed by atoms with Gasteiger partial charge in [0.2, 0.25) is 5.91 Å². The smallest absolute Gasteiger partial charge is 0.236 e. The Bertz CT molecular complexity index is 253. The molecule has 0 aromatic heterocycles. The molecule has 1 amide bonds. The molecule has 0 unspecified atom stereocenters. The second-order valence-corrected chi connectivity index (χ2v) is 6.91. The van der Waals surface area contributed by atoms with Crippen molar-refractivity contribution in [3.63, 3.8) is 0 Å². The van der Waals surface area contributed by atoms with E-state index in [-0.39, 0.29) is 11.9 Å². The van der Waals surface area contributed by atoms with Gasteiger partial charge in [-0.3, -0.25) is 4.79 Å². The third-order valence-corrected chi connectivity index (χ3v) is 3.32. The molecule has 3 nitrogen and oxygen atoms in total. The van der Waals surface area contributed by atoms with Crippen LogP contribution < -0.4 is 11.1 Å². The largest absolute Gasteiger partial charge is 0.352 e. The molecule has 3 N–H and O–H groups in total. The molecular formula is C13H26N2O. The van der Waals surface area contributed by atoms with E-state index in [2.05, 4.69) is 33.0 Å². The highest BCUT2D eigenvalue weighted by Gasteiger charge is 2.38. The SMILES string of the molecule is C[C@@H](N)C(=O)NC1CC(C)(C)CC(C)(C)C1. The number of nitrogens with one attached hydrogen (secondary N) is 1. The average molecular weight is 226 g/mol. The van der Waals surface area contributed by atoms with Gasteiger partial charge in [-0.2, -0.15) is 0 Å². The van der Waals surface area contributed by atoms with E-state index in [4.69, 9.17) is 5.73 Å². The van der Waals surface area contributed by atoms with Crippen LogP contribution in [0, 0.1) is 10.8 Å². The Morgan fingerprint density at radius 2 is 1.69 bits per heavy atom. The van der Waals surface area contributed by atoms with Gasteiger partial charge in [0.05, 0.1) is 6.04 Å². The molecule has 0 radical (unpaired) electrons. The van der Waals surface area contributed by atoms with Gasteiger partial charge in [-0.25, -0.2) is 0 Å². The number of hydrogen-bond acceptors (Lipinski definition) is 2. The van der Waals surface area contributed by atoms with Crippen molar-refractivity contribution in [1.82, 2.24) is 5.32 Å². The highest BCUT2D eigenvalue weighted by atomic mass is 16.2. The van der Waals surface area contributed by atoms with Gasteiger partial charge in [0.25, 0.3) is 0 Å². The van der Waals surface area contributed by atoms with E-state index in [0.29, 0.717) is 10.8 Å². The molecule has 94 valence electrons. The van der Waals surface area contributed by atoms with Gasteiger partial charge >= 0.3 is 0 Å². The first-order valence-electron chi connectivity index (χ1n) is 6.17. The van der Waals surface area contributed by atoms with Crippen molar-refractivity contribution in [2.45, 2.75) is 66.0 Å². The molecular weight excluding hydrogens is 200 g/mol. The van der Waals surface area contributed by atoms with Crippen LogP contribution in [0.5, 0.6) is 0 Å². The zero-order valence-electron chi connectivity index (χ0n) is 11.3. The molecule has 0 aromatic carbocycles. The van der Waals surface area contributed by atoms with Crippen molar-refractivity contribution in [3.05, 3.63) is 0 Å². The molecule has 0 heterocycles. The van der Waals surface area contributed by atoms with Crippen molar-refractivity contribution < 1.29 is 4.79 Å². The Hall–Kier alpha value is -0.570. The summed E-state index contributed by atoms with van der Waals surface area (Å²) in [6.45, 7) is 10.8. The van der Waals surface area contributed by atoms with E-state index in [1.807, 2.05) is 0 Å². The number of nitrogens with two attached hydrogens (primary N) is 1. The summed E-state index contributed by atoms with van der Waals surface area (Å²) in [4.78, 5) is 11.6. The third kappa shape index (κ3) is 3.78. The summed E-state index contributed by atoms with van der Waals surface area (Å²) in [6.07, 6.45) is 3.31. The molecule has 1 atom stereocenters. The van der Waals surface area contributed by atoms with Gasteiger partial charge in [0, 0.05) is 6.04 Å². The molecule has 0 aromatic rings. The molecule has 1 saturated carbocycles. The van der Waals surface area contributed by atoms with Crippen molar-refractivity contribution in [2.75, 3.05) is 0 Å². The lowest BCUT2D eigenvalue weighted by molar-refractivity contribution is -0.123. The van der Waals surface area contributed by atoms with E-state index in [1.54, 1.807) is 6.92 Å². The third-order valence-electron chi connectivity index (χ3n) is 3.32. The van der Waals surface area contributed by atoms with E-state index in [9.17, 15) is 4.79 Å². The zero-order valence-corrected chi connectivity index (χ0v) is 11.3. The van der Waals surface area contributed by atoms with E-state index >= 15 is 0 Å². The maximum Gasteiger partial charge on any atom is 0.236 e. The summed E-state index contributed by atoms with van der Waals surface area (Å²) in [5, 5.41) is 3.07. The molecule has 0 aliphatic heterocycles. The normalized spacial score (nSPS) is 26.1. The zero-order chi connectivity index (χ0) is 12.6. The van der Waals surface area contributed by atoms with Gasteiger partial charge in [-0.05, 0) is 37.0 Å². The highest BCUT2D eigenvalue weighted by molar-refractivity contribution is 5.81. The Balaban J connectivity index is 2.64. The van der Waals surface area contributed by atoms with Crippen molar-refractivity contribution in [1.29, 1.82) is 0 Å². The molecule has 1 aliphatic carbocycles. The maximum absolute atomic E-state index is 11.6. The Morgan fingerprint density at radius 3 is 2.06 bits per heavy atom. The van der Waals surface area contributed by atoms with Crippen molar-refractivity contribution >= 4 is 5.91 Å². The molecule has 1 aliphatic rings. The summed E-state index contributed by atoms with van der Waals surface area (Å²) >= 11 is 0. The summed E-state index contributed by atoms with van der Waals surface area (Å²) in [5.74, 6) is -0.0292. The lowest BCUT2D eigenvalue weighted by atomic mass is 9.63. The Kier molecular flexibility index (Phi) is 3.68. The minimum Gasteiger partial charge on any atom is -0.352 e. The fraction of sp³-hybridized carbons (Fsp3) is 0.923. The molecule has 16 heavy (non-hydrogen) atoms. The minimum atomic E-state index is -0.409. The second-order valence-electron chi connectivity index (χ2n) is 6.91. The first-order chi connectivity index (χ1) is 7.11. The van der Waals surface area contributed by atoms with Crippen LogP contribution in [0.1, 0.15) is 53.9 Å². The van der Waals surface area contributed by atoms with Gasteiger partial charge in [0.1, 0.15) is 0 Å². The number of carbonyl (C=O) groups excluding carboxylic acids is 1. The predicted octanol–water partition coefficient (Wildman–Crippen LogP) is 2.05. The van der Waals surface area contributed by atoms with Gasteiger partial charge in [0.15, 0.2) is 0 Å². The minimum absolute atomic E-state index is 0.0292. The molecule has 3 heteroatoms. The first-order valence-corrected chi connectivity index (χ1v) is 6.17. The highest BCUT2D eigenvalue weighted by Crippen LogP contribution is 2.45. The van der Waals surface area contributed by atoms with Crippen LogP contribution in [0.4, 0.5) is 0 Å². The van der Waals surface area contributed by atoms with Crippen LogP contribution in [-0.2, 0) is 4.79 Å². The van der Waals surface area contributed by atoms with Crippen LogP contribution in [0.25, 0.3) is 0 Å². The fourth-order valence-corrected chi connectivity index (χ4v) is 3.28. The average Bonchev–Trinajstić information content (AvgIpc) is 1.96. The maximum atomic E-state index is 11.6. The topological polar surface area (TPSA) is 55.1 Å². The van der Waals surface area contributed by atoms with E-state index in [0.717, 1.165) is 12.8 Å². The summed E-state index contributed by atoms with van der Waals surface area (Å²) < 4.78 is 0. The standard InChI is InChI=1S/C13H26N2O/c1-9(14)11(16)15-10-6-12(2,3)8-13(4,5)7-10/h9-10H,6-8,14H2,1-5H3,(H,15,16)/t9-/m1/s1. The summed E-state index contributed by atoms with van der Waals surface area (Å²) in [7, 11) is 0. The molecule has 0 bridgehead atoms. The molecule has 1 rings (SSSR count). The van der Waals surface area contributed by atoms with Gasteiger partial charge < -0.3 is 11.1 Å². The van der Waals surface area contributed by atoms with Crippen LogP contribution in [-0.4, -0.2) is 18.0 Å². The van der Waals surface area contributed by atoms with E-state index in [1.165, 1.54) is 6.42 Å². The number of hydrogen-bond donors (Lipinski definition) is 2. The monoisotopic (exact) mass is 226 g/mol. The van der Waals surface area contributed by atoms with Crippen LogP contribution >= 0.6 is 0 Å². The molecule has 0 saturated heterocycles. The number of carbonyl (C=O) groups is 1. The van der Waals surface area contributed by atoms with Crippen molar-refractivity contribution in [3.8, 4) is 0 Å². The Labute approximate surface area is 99.2 Å². The first kappa shape index (κ1) is 13.5. The summed E-state index contributed by atoms with van der Waals surface area (Å²) in [5.41, 5.74) is 6.18. The van der Waals surface area contributed by atoms with E-state index < -0.39 is 6.04 Å². The molecule has 0 spiro atoms. The molecule has 1 fully saturated rings. The van der Waals surface area contributed by atoms with Crippen LogP contribution in [0.15, 0.2) is 0 Å². The number of rotatable bonds is 2. The van der Waals surface area contributed by atoms with Gasteiger partial charge in [-0.1, -0.05) is 27.7 Å². The second kappa shape index (κ2) is 4.36. The van der Waals surface area contributed by atoms with Gasteiger partial charge in [-0.15, -0.1) is 0 Å². The Morgan fingerprint density at radius 1 is 1.25 bits per heavy atom. The fourth-order valence-electron chi connectivity index (χ4n) is 3.28. The van der Waals surface area contributed by atoms with Crippen molar-refractivity contribution in [2.24, 2.45) is 16.6 Å². The van der Waals surface area contributed by atoms with Crippen LogP contribution in [0.2, 0.25) is 0 Å². The quantitative estimate of drug-likeness (QED) is 0.757. The predicted molar refractivity (Wildman–Crippen MR) is 67.0 cm³/mol. The van der Waals surface area contributed by atoms with Crippen LogP contribution in [0.3, 0.4) is 0 Å². The summed E-state index contributed by atoms with van der Waals surface area (Å²) in [6, 6.07) is -0.134. The number of amides is 1. The lowest BCUT2D eigenvalue weighted by Crippen LogP contribution is -2.49.